The van der Waals surface area contributed by atoms with Crippen LogP contribution < -0.4 is 0 Å². The number of hydrogen-bond donors (Lipinski definition) is 1. The average Bonchev–Trinajstić information content (AvgIpc) is 2.90. The van der Waals surface area contributed by atoms with Crippen molar-refractivity contribution in [1.82, 2.24) is 9.97 Å². The SMILES string of the molecule is CCc1nc(C)c(C(=O)O)c(SCCc2ccsc2)n1. The Morgan fingerprint density at radius 3 is 2.85 bits per heavy atom. The maximum absolute atomic E-state index is 11.3. The molecule has 0 spiro atoms. The Kier molecular flexibility index (Phi) is 5.14. The van der Waals surface area contributed by atoms with Gasteiger partial charge >= 0.3 is 5.97 Å². The van der Waals surface area contributed by atoms with Crippen LogP contribution >= 0.6 is 23.1 Å². The van der Waals surface area contributed by atoms with Crippen LogP contribution in [0.1, 0.15) is 34.4 Å². The number of carbonyl (C=O) groups is 1. The number of thiophene rings is 1. The summed E-state index contributed by atoms with van der Waals surface area (Å²) in [6.07, 6.45) is 1.62. The number of thioether (sulfide) groups is 1. The van der Waals surface area contributed by atoms with E-state index in [9.17, 15) is 9.90 Å². The third-order valence-electron chi connectivity index (χ3n) is 2.84. The molecule has 0 aliphatic heterocycles. The number of nitrogens with zero attached hydrogens (tertiary/aromatic N) is 2. The predicted molar refractivity (Wildman–Crippen MR) is 81.9 cm³/mol. The van der Waals surface area contributed by atoms with Crippen LogP contribution in [0, 0.1) is 6.92 Å². The maximum atomic E-state index is 11.3. The van der Waals surface area contributed by atoms with Crippen LogP contribution in [0.4, 0.5) is 0 Å². The highest BCUT2D eigenvalue weighted by Gasteiger charge is 2.17. The number of carboxylic acids is 1. The normalized spacial score (nSPS) is 10.7. The first-order chi connectivity index (χ1) is 9.61. The lowest BCUT2D eigenvalue weighted by molar-refractivity contribution is 0.0690. The first kappa shape index (κ1) is 15.0. The van der Waals surface area contributed by atoms with Crippen LogP contribution in [0.25, 0.3) is 0 Å². The summed E-state index contributed by atoms with van der Waals surface area (Å²) in [6.45, 7) is 3.70. The van der Waals surface area contributed by atoms with Crippen LogP contribution in [0.3, 0.4) is 0 Å². The van der Waals surface area contributed by atoms with Gasteiger partial charge in [-0.2, -0.15) is 11.3 Å². The van der Waals surface area contributed by atoms with Gasteiger partial charge in [0, 0.05) is 12.2 Å². The molecule has 2 rings (SSSR count). The minimum atomic E-state index is -0.955. The van der Waals surface area contributed by atoms with Gasteiger partial charge < -0.3 is 5.11 Å². The Balaban J connectivity index is 2.16. The molecule has 0 fully saturated rings. The van der Waals surface area contributed by atoms with Crippen LogP contribution in [-0.4, -0.2) is 26.8 Å². The van der Waals surface area contributed by atoms with E-state index in [0.29, 0.717) is 23.0 Å². The molecule has 0 radical (unpaired) electrons. The minimum Gasteiger partial charge on any atom is -0.478 e. The molecule has 0 bridgehead atoms. The first-order valence-electron chi connectivity index (χ1n) is 6.36. The van der Waals surface area contributed by atoms with Crippen molar-refractivity contribution in [2.24, 2.45) is 0 Å². The summed E-state index contributed by atoms with van der Waals surface area (Å²) < 4.78 is 0. The lowest BCUT2D eigenvalue weighted by atomic mass is 10.2. The summed E-state index contributed by atoms with van der Waals surface area (Å²) in [7, 11) is 0. The van der Waals surface area contributed by atoms with Gasteiger partial charge in [0.05, 0.1) is 5.69 Å². The average molecular weight is 308 g/mol. The number of aromatic carboxylic acids is 1. The quantitative estimate of drug-likeness (QED) is 0.654. The van der Waals surface area contributed by atoms with E-state index in [1.165, 1.54) is 17.3 Å². The van der Waals surface area contributed by atoms with E-state index in [4.69, 9.17) is 0 Å². The van der Waals surface area contributed by atoms with Crippen molar-refractivity contribution in [2.75, 3.05) is 5.75 Å². The molecule has 2 aromatic rings. The zero-order chi connectivity index (χ0) is 14.5. The van der Waals surface area contributed by atoms with Crippen molar-refractivity contribution in [1.29, 1.82) is 0 Å². The molecule has 106 valence electrons. The standard InChI is InChI=1S/C14H16N2O2S2/c1-3-11-15-9(2)12(14(17)18)13(16-11)20-7-5-10-4-6-19-8-10/h4,6,8H,3,5,7H2,1-2H3,(H,17,18). The summed E-state index contributed by atoms with van der Waals surface area (Å²) in [5.74, 6) is 0.560. The third kappa shape index (κ3) is 3.58. The van der Waals surface area contributed by atoms with Gasteiger partial charge in [0.2, 0.25) is 0 Å². The van der Waals surface area contributed by atoms with Gasteiger partial charge in [-0.15, -0.1) is 11.8 Å². The van der Waals surface area contributed by atoms with E-state index < -0.39 is 5.97 Å². The molecule has 4 nitrogen and oxygen atoms in total. The van der Waals surface area contributed by atoms with Crippen molar-refractivity contribution in [3.05, 3.63) is 39.5 Å². The molecule has 0 amide bonds. The second-order valence-electron chi connectivity index (χ2n) is 4.29. The van der Waals surface area contributed by atoms with Crippen molar-refractivity contribution in [3.8, 4) is 0 Å². The van der Waals surface area contributed by atoms with Gasteiger partial charge in [-0.3, -0.25) is 0 Å². The summed E-state index contributed by atoms with van der Waals surface area (Å²) in [4.78, 5) is 19.9. The zero-order valence-electron chi connectivity index (χ0n) is 11.4. The Morgan fingerprint density at radius 2 is 2.25 bits per heavy atom. The molecule has 0 aliphatic carbocycles. The summed E-state index contributed by atoms with van der Waals surface area (Å²) in [5, 5.41) is 14.0. The van der Waals surface area contributed by atoms with Crippen LogP contribution in [0.5, 0.6) is 0 Å². The topological polar surface area (TPSA) is 63.1 Å². The monoisotopic (exact) mass is 308 g/mol. The molecule has 6 heteroatoms. The van der Waals surface area contributed by atoms with E-state index >= 15 is 0 Å². The minimum absolute atomic E-state index is 0.234. The van der Waals surface area contributed by atoms with Gasteiger partial charge in [0.1, 0.15) is 16.4 Å². The van der Waals surface area contributed by atoms with Gasteiger partial charge in [-0.1, -0.05) is 6.92 Å². The second-order valence-corrected chi connectivity index (χ2v) is 6.16. The van der Waals surface area contributed by atoms with E-state index in [1.807, 2.05) is 12.3 Å². The van der Waals surface area contributed by atoms with E-state index in [-0.39, 0.29) is 5.56 Å². The predicted octanol–water partition coefficient (Wildman–Crippen LogP) is 3.44. The summed E-state index contributed by atoms with van der Waals surface area (Å²) >= 11 is 3.16. The fraction of sp³-hybridized carbons (Fsp3) is 0.357. The first-order valence-corrected chi connectivity index (χ1v) is 8.29. The highest BCUT2D eigenvalue weighted by Crippen LogP contribution is 2.24. The van der Waals surface area contributed by atoms with Gasteiger partial charge in [-0.25, -0.2) is 14.8 Å². The van der Waals surface area contributed by atoms with Crippen LogP contribution in [-0.2, 0) is 12.8 Å². The fourth-order valence-electron chi connectivity index (χ4n) is 1.81. The molecule has 2 heterocycles. The van der Waals surface area contributed by atoms with Crippen molar-refractivity contribution in [3.63, 3.8) is 0 Å². The Bertz CT molecular complexity index is 597. The fourth-order valence-corrected chi connectivity index (χ4v) is 3.60. The highest BCUT2D eigenvalue weighted by atomic mass is 32.2. The van der Waals surface area contributed by atoms with Crippen LogP contribution in [0.15, 0.2) is 21.9 Å². The number of aromatic nitrogens is 2. The molecule has 0 unspecified atom stereocenters. The van der Waals surface area contributed by atoms with Gasteiger partial charge in [0.15, 0.2) is 0 Å². The van der Waals surface area contributed by atoms with Gasteiger partial charge in [0.25, 0.3) is 0 Å². The van der Waals surface area contributed by atoms with Crippen molar-refractivity contribution in [2.45, 2.75) is 31.7 Å². The van der Waals surface area contributed by atoms with E-state index in [2.05, 4.69) is 21.4 Å². The molecular formula is C14H16N2O2S2. The number of hydrogen-bond acceptors (Lipinski definition) is 5. The smallest absolute Gasteiger partial charge is 0.340 e. The molecule has 0 saturated heterocycles. The highest BCUT2D eigenvalue weighted by molar-refractivity contribution is 7.99. The molecule has 0 atom stereocenters. The van der Waals surface area contributed by atoms with Crippen LogP contribution in [0.2, 0.25) is 0 Å². The lowest BCUT2D eigenvalue weighted by Crippen LogP contribution is -2.09. The molecule has 20 heavy (non-hydrogen) atoms. The summed E-state index contributed by atoms with van der Waals surface area (Å²) in [6, 6.07) is 2.09. The van der Waals surface area contributed by atoms with Gasteiger partial charge in [-0.05, 0) is 35.7 Å². The molecule has 2 aromatic heterocycles. The van der Waals surface area contributed by atoms with Crippen molar-refractivity contribution < 1.29 is 9.90 Å². The zero-order valence-corrected chi connectivity index (χ0v) is 13.1. The second kappa shape index (κ2) is 6.85. The molecule has 1 N–H and O–H groups in total. The third-order valence-corrected chi connectivity index (χ3v) is 4.55. The lowest BCUT2D eigenvalue weighted by Gasteiger charge is -2.09. The number of aryl methyl sites for hydroxylation is 3. The molecular weight excluding hydrogens is 292 g/mol. The molecule has 0 aliphatic rings. The molecule has 0 saturated carbocycles. The van der Waals surface area contributed by atoms with E-state index in [1.54, 1.807) is 18.3 Å². The maximum Gasteiger partial charge on any atom is 0.340 e. The molecule has 0 aromatic carbocycles. The Hall–Kier alpha value is -1.40. The Morgan fingerprint density at radius 1 is 1.45 bits per heavy atom. The number of rotatable bonds is 6. The number of carboxylic acid groups (broad SMARTS) is 1. The van der Waals surface area contributed by atoms with Crippen molar-refractivity contribution >= 4 is 29.1 Å². The Labute approximate surface area is 126 Å². The summed E-state index contributed by atoms with van der Waals surface area (Å²) in [5.41, 5.74) is 2.06. The van der Waals surface area contributed by atoms with E-state index in [0.717, 1.165) is 12.2 Å². The largest absolute Gasteiger partial charge is 0.478 e.